The number of benzene rings is 2. The molecule has 3 aromatic rings. The van der Waals surface area contributed by atoms with E-state index in [1.54, 1.807) is 12.1 Å². The third-order valence-electron chi connectivity index (χ3n) is 5.36. The van der Waals surface area contributed by atoms with Gasteiger partial charge in [0.2, 0.25) is 0 Å². The Bertz CT molecular complexity index is 1030. The molecule has 1 amide bonds. The maximum atomic E-state index is 12.6. The van der Waals surface area contributed by atoms with E-state index in [0.717, 1.165) is 30.0 Å². The minimum Gasteiger partial charge on any atom is -0.455 e. The van der Waals surface area contributed by atoms with Gasteiger partial charge >= 0.3 is 0 Å². The highest BCUT2D eigenvalue weighted by molar-refractivity contribution is 7.84. The van der Waals surface area contributed by atoms with Gasteiger partial charge < -0.3 is 9.73 Å². The van der Waals surface area contributed by atoms with Crippen LogP contribution in [0.25, 0.3) is 0 Å². The molecule has 32 heavy (non-hydrogen) atoms. The molecular weight excluding hydrogens is 420 g/mol. The fraction of sp³-hybridized carbons (Fsp3) is 0.346. The van der Waals surface area contributed by atoms with E-state index >= 15 is 0 Å². The highest BCUT2D eigenvalue weighted by Crippen LogP contribution is 2.18. The van der Waals surface area contributed by atoms with Crippen LogP contribution in [0.3, 0.4) is 0 Å². The number of carbonyl (C=O) groups excluding carboxylic acids is 1. The standard InChI is InChI=1S/C26H32N2O3S/c1-20(2)28(18-22-11-5-4-6-12-22)17-9-16-27-26(29)24-15-14-23(31-24)19-32(30)25-13-8-7-10-21(25)3/h4-8,10-15,20H,9,16-19H2,1-3H3,(H,27,29). The topological polar surface area (TPSA) is 62.6 Å². The van der Waals surface area contributed by atoms with E-state index in [-0.39, 0.29) is 17.4 Å². The zero-order chi connectivity index (χ0) is 22.9. The van der Waals surface area contributed by atoms with Crippen LogP contribution >= 0.6 is 0 Å². The molecule has 0 saturated heterocycles. The van der Waals surface area contributed by atoms with Gasteiger partial charge in [-0.25, -0.2) is 0 Å². The lowest BCUT2D eigenvalue weighted by Gasteiger charge is -2.26. The van der Waals surface area contributed by atoms with Crippen LogP contribution in [0.4, 0.5) is 0 Å². The van der Waals surface area contributed by atoms with Gasteiger partial charge in [0.15, 0.2) is 5.76 Å². The molecule has 2 aromatic carbocycles. The molecule has 0 spiro atoms. The summed E-state index contributed by atoms with van der Waals surface area (Å²) in [5.41, 5.74) is 2.27. The maximum absolute atomic E-state index is 12.6. The lowest BCUT2D eigenvalue weighted by atomic mass is 10.2. The van der Waals surface area contributed by atoms with E-state index < -0.39 is 10.8 Å². The Hall–Kier alpha value is -2.70. The summed E-state index contributed by atoms with van der Waals surface area (Å²) >= 11 is 0. The molecule has 1 aromatic heterocycles. The van der Waals surface area contributed by atoms with Crippen LogP contribution in [0.15, 0.2) is 76.0 Å². The Morgan fingerprint density at radius 3 is 2.47 bits per heavy atom. The first-order chi connectivity index (χ1) is 15.4. The zero-order valence-corrected chi connectivity index (χ0v) is 19.9. The first-order valence-electron chi connectivity index (χ1n) is 11.0. The van der Waals surface area contributed by atoms with Gasteiger partial charge in [-0.05, 0) is 56.5 Å². The molecule has 0 saturated carbocycles. The quantitative estimate of drug-likeness (QED) is 0.419. The van der Waals surface area contributed by atoms with Crippen molar-refractivity contribution < 1.29 is 13.4 Å². The number of hydrogen-bond acceptors (Lipinski definition) is 4. The third kappa shape index (κ3) is 6.90. The number of rotatable bonds is 11. The number of hydrogen-bond donors (Lipinski definition) is 1. The van der Waals surface area contributed by atoms with E-state index in [9.17, 15) is 9.00 Å². The van der Waals surface area contributed by atoms with E-state index in [2.05, 4.69) is 48.3 Å². The highest BCUT2D eigenvalue weighted by Gasteiger charge is 2.15. The second kappa shape index (κ2) is 11.8. The highest BCUT2D eigenvalue weighted by atomic mass is 32.2. The monoisotopic (exact) mass is 452 g/mol. The summed E-state index contributed by atoms with van der Waals surface area (Å²) in [6, 6.07) is 21.8. The van der Waals surface area contributed by atoms with E-state index in [1.807, 2.05) is 37.3 Å². The molecular formula is C26H32N2O3S. The van der Waals surface area contributed by atoms with E-state index in [4.69, 9.17) is 4.42 Å². The van der Waals surface area contributed by atoms with Gasteiger partial charge in [-0.15, -0.1) is 0 Å². The molecule has 5 nitrogen and oxygen atoms in total. The number of amides is 1. The van der Waals surface area contributed by atoms with Crippen LogP contribution in [0, 0.1) is 6.92 Å². The molecule has 1 N–H and O–H groups in total. The molecule has 1 heterocycles. The average Bonchev–Trinajstić information content (AvgIpc) is 3.25. The summed E-state index contributed by atoms with van der Waals surface area (Å²) in [5.74, 6) is 0.815. The molecule has 0 aliphatic rings. The largest absolute Gasteiger partial charge is 0.455 e. The van der Waals surface area contributed by atoms with Crippen molar-refractivity contribution in [2.75, 3.05) is 13.1 Å². The van der Waals surface area contributed by atoms with Crippen LogP contribution in [-0.2, 0) is 23.1 Å². The lowest BCUT2D eigenvalue weighted by molar-refractivity contribution is 0.0921. The van der Waals surface area contributed by atoms with Gasteiger partial charge in [0.25, 0.3) is 5.91 Å². The zero-order valence-electron chi connectivity index (χ0n) is 19.0. The summed E-state index contributed by atoms with van der Waals surface area (Å²) in [6.45, 7) is 8.67. The first kappa shape index (κ1) is 24.0. The molecule has 0 fully saturated rings. The van der Waals surface area contributed by atoms with Crippen molar-refractivity contribution in [1.82, 2.24) is 10.2 Å². The van der Waals surface area contributed by atoms with Gasteiger partial charge in [0.05, 0.1) is 16.6 Å². The summed E-state index contributed by atoms with van der Waals surface area (Å²) in [4.78, 5) is 15.6. The van der Waals surface area contributed by atoms with Crippen LogP contribution in [0.5, 0.6) is 0 Å². The maximum Gasteiger partial charge on any atom is 0.286 e. The number of carbonyl (C=O) groups is 1. The number of nitrogens with one attached hydrogen (secondary N) is 1. The third-order valence-corrected chi connectivity index (χ3v) is 6.86. The number of nitrogens with zero attached hydrogens (tertiary/aromatic N) is 1. The van der Waals surface area contributed by atoms with Gasteiger partial charge in [-0.1, -0.05) is 48.5 Å². The number of aryl methyl sites for hydroxylation is 1. The van der Waals surface area contributed by atoms with Gasteiger partial charge in [0.1, 0.15) is 5.76 Å². The molecule has 1 unspecified atom stereocenters. The van der Waals surface area contributed by atoms with Gasteiger partial charge in [-0.2, -0.15) is 0 Å². The molecule has 0 bridgehead atoms. The molecule has 3 rings (SSSR count). The van der Waals surface area contributed by atoms with Crippen LogP contribution in [0.1, 0.15) is 47.7 Å². The van der Waals surface area contributed by atoms with E-state index in [1.165, 1.54) is 5.56 Å². The second-order valence-electron chi connectivity index (χ2n) is 8.18. The van der Waals surface area contributed by atoms with Crippen LogP contribution < -0.4 is 5.32 Å². The Labute approximate surface area is 193 Å². The van der Waals surface area contributed by atoms with Gasteiger partial charge in [0, 0.05) is 30.6 Å². The summed E-state index contributed by atoms with van der Waals surface area (Å²) in [5, 5.41) is 2.93. The summed E-state index contributed by atoms with van der Waals surface area (Å²) < 4.78 is 18.3. The smallest absolute Gasteiger partial charge is 0.286 e. The van der Waals surface area contributed by atoms with Crippen molar-refractivity contribution in [3.05, 3.63) is 89.4 Å². The minimum atomic E-state index is -1.21. The average molecular weight is 453 g/mol. The molecule has 0 radical (unpaired) electrons. The predicted octanol–water partition coefficient (Wildman–Crippen LogP) is 4.93. The fourth-order valence-electron chi connectivity index (χ4n) is 3.51. The minimum absolute atomic E-state index is 0.239. The number of furan rings is 1. The predicted molar refractivity (Wildman–Crippen MR) is 129 cm³/mol. The Kier molecular flexibility index (Phi) is 8.82. The first-order valence-corrected chi connectivity index (χ1v) is 12.3. The summed E-state index contributed by atoms with van der Waals surface area (Å²) in [6.07, 6.45) is 0.849. The molecule has 1 atom stereocenters. The fourth-order valence-corrected chi connectivity index (χ4v) is 4.73. The van der Waals surface area contributed by atoms with Crippen LogP contribution in [-0.4, -0.2) is 34.1 Å². The van der Waals surface area contributed by atoms with Crippen molar-refractivity contribution in [3.63, 3.8) is 0 Å². The van der Waals surface area contributed by atoms with Crippen molar-refractivity contribution >= 4 is 16.7 Å². The Balaban J connectivity index is 1.45. The van der Waals surface area contributed by atoms with E-state index in [0.29, 0.717) is 18.3 Å². The molecule has 6 heteroatoms. The Morgan fingerprint density at radius 1 is 1.03 bits per heavy atom. The SMILES string of the molecule is Cc1ccccc1S(=O)Cc1ccc(C(=O)NCCCN(Cc2ccccc2)C(C)C)o1. The normalized spacial score (nSPS) is 12.3. The lowest BCUT2D eigenvalue weighted by Crippen LogP contribution is -2.34. The molecule has 0 aliphatic heterocycles. The summed E-state index contributed by atoms with van der Waals surface area (Å²) in [7, 11) is -1.21. The van der Waals surface area contributed by atoms with Gasteiger partial charge in [-0.3, -0.25) is 13.9 Å². The van der Waals surface area contributed by atoms with Crippen molar-refractivity contribution in [1.29, 1.82) is 0 Å². The second-order valence-corrected chi connectivity index (χ2v) is 9.60. The van der Waals surface area contributed by atoms with Crippen molar-refractivity contribution in [3.8, 4) is 0 Å². The Morgan fingerprint density at radius 2 is 1.75 bits per heavy atom. The molecule has 0 aliphatic carbocycles. The van der Waals surface area contributed by atoms with Crippen molar-refractivity contribution in [2.45, 2.75) is 50.4 Å². The van der Waals surface area contributed by atoms with Crippen LogP contribution in [0.2, 0.25) is 0 Å². The van der Waals surface area contributed by atoms with Crippen molar-refractivity contribution in [2.24, 2.45) is 0 Å². The molecule has 170 valence electrons.